The molecular formula is C29H34N4O2S. The first kappa shape index (κ1) is 24.6. The maximum atomic E-state index is 13.2. The molecule has 3 aromatic rings. The highest BCUT2D eigenvalue weighted by Crippen LogP contribution is 2.43. The molecule has 0 amide bonds. The summed E-state index contributed by atoms with van der Waals surface area (Å²) in [5, 5.41) is 8.97. The van der Waals surface area contributed by atoms with Crippen molar-refractivity contribution in [1.82, 2.24) is 14.8 Å². The second-order valence-electron chi connectivity index (χ2n) is 10.5. The summed E-state index contributed by atoms with van der Waals surface area (Å²) >= 11 is 1.64. The van der Waals surface area contributed by atoms with E-state index in [1.807, 2.05) is 28.9 Å². The van der Waals surface area contributed by atoms with E-state index in [4.69, 9.17) is 14.8 Å². The van der Waals surface area contributed by atoms with E-state index in [-0.39, 0.29) is 17.2 Å². The van der Waals surface area contributed by atoms with Crippen molar-refractivity contribution in [2.75, 3.05) is 11.1 Å². The molecule has 6 nitrogen and oxygen atoms in total. The fourth-order valence-corrected chi connectivity index (χ4v) is 5.46. The number of carbonyl (C=O) groups is 1. The van der Waals surface area contributed by atoms with Crippen LogP contribution in [-0.4, -0.2) is 26.3 Å². The van der Waals surface area contributed by atoms with Crippen molar-refractivity contribution in [3.63, 3.8) is 0 Å². The van der Waals surface area contributed by atoms with Gasteiger partial charge in [-0.3, -0.25) is 4.79 Å². The second kappa shape index (κ2) is 10.1. The molecule has 2 aromatic carbocycles. The summed E-state index contributed by atoms with van der Waals surface area (Å²) in [7, 11) is 0. The van der Waals surface area contributed by atoms with Gasteiger partial charge in [-0.05, 0) is 41.9 Å². The van der Waals surface area contributed by atoms with Crippen molar-refractivity contribution in [3.8, 4) is 5.75 Å². The van der Waals surface area contributed by atoms with Crippen LogP contribution in [-0.2, 0) is 16.8 Å². The standard InChI is InChI=1S/C29H34N4O2S/c1-5-17-36-28-31-27-30-22-10-8-11-23(34)25(22)26(33(27)32-28)21-9-6-7-12-24(21)35-18-19-13-15-20(16-14-19)29(2,3)4/h6-7,9,12-16,26H,5,8,10-11,17-18H2,1-4H3,(H,30,31,32). The molecule has 188 valence electrons. The normalized spacial score (nSPS) is 17.4. The molecule has 1 N–H and O–H groups in total. The average Bonchev–Trinajstić information content (AvgIpc) is 3.27. The number of allylic oxidation sites excluding steroid dienone is 2. The molecular weight excluding hydrogens is 468 g/mol. The van der Waals surface area contributed by atoms with Crippen LogP contribution >= 0.6 is 11.8 Å². The molecule has 0 spiro atoms. The number of nitrogens with one attached hydrogen (secondary N) is 1. The number of anilines is 1. The van der Waals surface area contributed by atoms with Crippen LogP contribution in [0, 0.1) is 0 Å². The summed E-state index contributed by atoms with van der Waals surface area (Å²) in [5.41, 5.74) is 5.21. The van der Waals surface area contributed by atoms with Crippen LogP contribution in [0.4, 0.5) is 5.95 Å². The van der Waals surface area contributed by atoms with Gasteiger partial charge in [0, 0.05) is 29.0 Å². The quantitative estimate of drug-likeness (QED) is 0.364. The van der Waals surface area contributed by atoms with Gasteiger partial charge in [0.15, 0.2) is 5.78 Å². The Hall–Kier alpha value is -3.06. The Labute approximate surface area is 217 Å². The first-order chi connectivity index (χ1) is 17.3. The Bertz CT molecular complexity index is 1290. The molecule has 0 radical (unpaired) electrons. The number of hydrogen-bond acceptors (Lipinski definition) is 6. The van der Waals surface area contributed by atoms with E-state index in [1.54, 1.807) is 11.8 Å². The number of para-hydroxylation sites is 1. The summed E-state index contributed by atoms with van der Waals surface area (Å²) in [6, 6.07) is 16.3. The van der Waals surface area contributed by atoms with Gasteiger partial charge in [0.25, 0.3) is 0 Å². The molecule has 2 aliphatic rings. The number of ether oxygens (including phenoxy) is 1. The number of nitrogens with zero attached hydrogens (tertiary/aromatic N) is 3. The van der Waals surface area contributed by atoms with Gasteiger partial charge in [-0.25, -0.2) is 4.68 Å². The lowest BCUT2D eigenvalue weighted by Gasteiger charge is -2.32. The highest BCUT2D eigenvalue weighted by atomic mass is 32.2. The highest BCUT2D eigenvalue weighted by Gasteiger charge is 2.38. The number of benzene rings is 2. The van der Waals surface area contributed by atoms with E-state index in [1.165, 1.54) is 5.56 Å². The van der Waals surface area contributed by atoms with Gasteiger partial charge in [0.05, 0.1) is 0 Å². The Kier molecular flexibility index (Phi) is 6.93. The van der Waals surface area contributed by atoms with E-state index in [0.717, 1.165) is 58.3 Å². The molecule has 2 heterocycles. The molecule has 36 heavy (non-hydrogen) atoms. The molecule has 1 aromatic heterocycles. The molecule has 1 atom stereocenters. The fraction of sp³-hybridized carbons (Fsp3) is 0.414. The predicted octanol–water partition coefficient (Wildman–Crippen LogP) is 6.68. The zero-order valence-corrected chi connectivity index (χ0v) is 22.3. The van der Waals surface area contributed by atoms with Gasteiger partial charge >= 0.3 is 0 Å². The van der Waals surface area contributed by atoms with E-state index < -0.39 is 0 Å². The highest BCUT2D eigenvalue weighted by molar-refractivity contribution is 7.99. The summed E-state index contributed by atoms with van der Waals surface area (Å²) < 4.78 is 8.26. The molecule has 1 aliphatic carbocycles. The third-order valence-electron chi connectivity index (χ3n) is 6.71. The molecule has 7 heteroatoms. The lowest BCUT2D eigenvalue weighted by Crippen LogP contribution is -2.31. The minimum atomic E-state index is -0.355. The fourth-order valence-electron chi connectivity index (χ4n) is 4.78. The number of ketones is 1. The van der Waals surface area contributed by atoms with Crippen LogP contribution in [0.1, 0.15) is 76.1 Å². The molecule has 0 saturated carbocycles. The van der Waals surface area contributed by atoms with Crippen LogP contribution in [0.3, 0.4) is 0 Å². The monoisotopic (exact) mass is 502 g/mol. The lowest BCUT2D eigenvalue weighted by molar-refractivity contribution is -0.116. The number of Topliss-reactive ketones (excluding diaryl/α,β-unsaturated/α-hetero) is 1. The number of fused-ring (bicyclic) bond motifs is 1. The zero-order chi connectivity index (χ0) is 25.3. The van der Waals surface area contributed by atoms with Crippen LogP contribution < -0.4 is 10.1 Å². The Morgan fingerprint density at radius 2 is 1.89 bits per heavy atom. The van der Waals surface area contributed by atoms with Gasteiger partial charge in [0.1, 0.15) is 18.4 Å². The maximum absolute atomic E-state index is 13.2. The molecule has 0 saturated heterocycles. The summed E-state index contributed by atoms with van der Waals surface area (Å²) in [6.07, 6.45) is 3.30. The van der Waals surface area contributed by atoms with Gasteiger partial charge in [-0.2, -0.15) is 4.98 Å². The van der Waals surface area contributed by atoms with Crippen LogP contribution in [0.15, 0.2) is 65.0 Å². The maximum Gasteiger partial charge on any atom is 0.227 e. The van der Waals surface area contributed by atoms with Gasteiger partial charge in [-0.1, -0.05) is 81.9 Å². The number of carbonyl (C=O) groups excluding carboxylic acids is 1. The number of thioether (sulfide) groups is 1. The molecule has 0 fully saturated rings. The largest absolute Gasteiger partial charge is 0.489 e. The third kappa shape index (κ3) is 4.94. The smallest absolute Gasteiger partial charge is 0.227 e. The SMILES string of the molecule is CCCSc1nc2n(n1)C(c1ccccc1OCc1ccc(C(C)(C)C)cc1)C1=C(CCCC1=O)N2. The minimum absolute atomic E-state index is 0.114. The first-order valence-corrected chi connectivity index (χ1v) is 13.8. The molecule has 1 aliphatic heterocycles. The molecule has 1 unspecified atom stereocenters. The predicted molar refractivity (Wildman–Crippen MR) is 145 cm³/mol. The van der Waals surface area contributed by atoms with Gasteiger partial charge < -0.3 is 10.1 Å². The van der Waals surface area contributed by atoms with Crippen LogP contribution in [0.5, 0.6) is 5.75 Å². The topological polar surface area (TPSA) is 69.0 Å². The Morgan fingerprint density at radius 1 is 1.11 bits per heavy atom. The molecule has 5 rings (SSSR count). The van der Waals surface area contributed by atoms with Crippen molar-refractivity contribution in [2.24, 2.45) is 0 Å². The Morgan fingerprint density at radius 3 is 2.64 bits per heavy atom. The van der Waals surface area contributed by atoms with Gasteiger partial charge in [0.2, 0.25) is 11.1 Å². The van der Waals surface area contributed by atoms with Crippen molar-refractivity contribution >= 4 is 23.5 Å². The molecule has 0 bridgehead atoms. The minimum Gasteiger partial charge on any atom is -0.489 e. The lowest BCUT2D eigenvalue weighted by atomic mass is 9.85. The van der Waals surface area contributed by atoms with Gasteiger partial charge in [-0.15, -0.1) is 5.10 Å². The number of rotatable bonds is 7. The summed E-state index contributed by atoms with van der Waals surface area (Å²) in [6.45, 7) is 9.25. The van der Waals surface area contributed by atoms with Crippen LogP contribution in [0.25, 0.3) is 0 Å². The van der Waals surface area contributed by atoms with Crippen molar-refractivity contribution < 1.29 is 9.53 Å². The summed E-state index contributed by atoms with van der Waals surface area (Å²) in [4.78, 5) is 17.9. The number of aromatic nitrogens is 3. The first-order valence-electron chi connectivity index (χ1n) is 12.8. The second-order valence-corrected chi connectivity index (χ2v) is 11.5. The number of hydrogen-bond donors (Lipinski definition) is 1. The van der Waals surface area contributed by atoms with Crippen molar-refractivity contribution in [1.29, 1.82) is 0 Å². The van der Waals surface area contributed by atoms with E-state index in [0.29, 0.717) is 19.0 Å². The average molecular weight is 503 g/mol. The van der Waals surface area contributed by atoms with Crippen LogP contribution in [0.2, 0.25) is 0 Å². The van der Waals surface area contributed by atoms with E-state index in [9.17, 15) is 4.79 Å². The van der Waals surface area contributed by atoms with Crippen molar-refractivity contribution in [2.45, 2.75) is 76.6 Å². The van der Waals surface area contributed by atoms with E-state index in [2.05, 4.69) is 57.3 Å². The third-order valence-corrected chi connectivity index (χ3v) is 7.76. The van der Waals surface area contributed by atoms with E-state index >= 15 is 0 Å². The summed E-state index contributed by atoms with van der Waals surface area (Å²) in [5.74, 6) is 2.58. The Balaban J connectivity index is 1.49. The zero-order valence-electron chi connectivity index (χ0n) is 21.5. The van der Waals surface area contributed by atoms with Crippen molar-refractivity contribution in [3.05, 3.63) is 76.5 Å².